The Morgan fingerprint density at radius 3 is 2.81 bits per heavy atom. The molecule has 0 radical (unpaired) electrons. The third-order valence-electron chi connectivity index (χ3n) is 4.26. The number of fused-ring (bicyclic) bond motifs is 1. The number of nitrogens with one attached hydrogen (secondary N) is 1. The van der Waals surface area contributed by atoms with Gasteiger partial charge in [-0.2, -0.15) is 0 Å². The fraction of sp³-hybridized carbons (Fsp3) is 0.333. The largest absolute Gasteiger partial charge is 0.493 e. The van der Waals surface area contributed by atoms with Gasteiger partial charge in [-0.1, -0.05) is 31.5 Å². The minimum absolute atomic E-state index is 0.0548. The molecule has 2 amide bonds. The van der Waals surface area contributed by atoms with Gasteiger partial charge in [0.2, 0.25) is 5.91 Å². The molecule has 6 heteroatoms. The van der Waals surface area contributed by atoms with E-state index in [2.05, 4.69) is 12.2 Å². The number of unbranched alkanes of at least 4 members (excludes halogenated alkanes) is 1. The summed E-state index contributed by atoms with van der Waals surface area (Å²) in [5, 5.41) is 2.86. The second kappa shape index (κ2) is 9.07. The molecule has 27 heavy (non-hydrogen) atoms. The Labute approximate surface area is 159 Å². The topological polar surface area (TPSA) is 67.9 Å². The van der Waals surface area contributed by atoms with Gasteiger partial charge in [-0.05, 0) is 36.8 Å². The molecule has 0 saturated carbocycles. The van der Waals surface area contributed by atoms with Crippen LogP contribution < -0.4 is 19.7 Å². The van der Waals surface area contributed by atoms with Crippen LogP contribution in [-0.4, -0.2) is 31.6 Å². The third-order valence-corrected chi connectivity index (χ3v) is 4.26. The molecule has 0 unspecified atom stereocenters. The molecule has 1 heterocycles. The van der Waals surface area contributed by atoms with Crippen molar-refractivity contribution in [3.05, 3.63) is 48.5 Å². The van der Waals surface area contributed by atoms with Crippen LogP contribution in [0.5, 0.6) is 11.5 Å². The fourth-order valence-corrected chi connectivity index (χ4v) is 2.84. The van der Waals surface area contributed by atoms with E-state index in [1.165, 1.54) is 0 Å². The summed E-state index contributed by atoms with van der Waals surface area (Å²) in [5.41, 5.74) is 1.34. The Morgan fingerprint density at radius 2 is 2.04 bits per heavy atom. The Hall–Kier alpha value is -3.02. The zero-order valence-electron chi connectivity index (χ0n) is 15.4. The summed E-state index contributed by atoms with van der Waals surface area (Å²) in [7, 11) is 0. The lowest BCUT2D eigenvalue weighted by Crippen LogP contribution is -2.39. The predicted molar refractivity (Wildman–Crippen MR) is 104 cm³/mol. The molecule has 6 nitrogen and oxygen atoms in total. The van der Waals surface area contributed by atoms with Crippen molar-refractivity contribution >= 4 is 23.2 Å². The SMILES string of the molecule is CCCCN1C(=O)COc2ccc(NC(=O)CCOc3ccccc3)cc21. The fourth-order valence-electron chi connectivity index (χ4n) is 2.84. The molecule has 3 rings (SSSR count). The van der Waals surface area contributed by atoms with Gasteiger partial charge in [0.15, 0.2) is 6.61 Å². The molecule has 0 bridgehead atoms. The van der Waals surface area contributed by atoms with Crippen LogP contribution in [0.4, 0.5) is 11.4 Å². The van der Waals surface area contributed by atoms with Crippen molar-refractivity contribution in [3.8, 4) is 11.5 Å². The highest BCUT2D eigenvalue weighted by Crippen LogP contribution is 2.34. The summed E-state index contributed by atoms with van der Waals surface area (Å²) in [4.78, 5) is 26.1. The number of nitrogens with zero attached hydrogens (tertiary/aromatic N) is 1. The lowest BCUT2D eigenvalue weighted by atomic mass is 10.2. The number of rotatable bonds is 8. The molecule has 142 valence electrons. The molecule has 2 aromatic rings. The number of benzene rings is 2. The van der Waals surface area contributed by atoms with Gasteiger partial charge >= 0.3 is 0 Å². The first kappa shape index (κ1) is 18.8. The minimum atomic E-state index is -0.144. The average molecular weight is 368 g/mol. The van der Waals surface area contributed by atoms with Crippen LogP contribution in [0.3, 0.4) is 0 Å². The summed E-state index contributed by atoms with van der Waals surface area (Å²) < 4.78 is 11.0. The molecule has 1 aliphatic heterocycles. The minimum Gasteiger partial charge on any atom is -0.493 e. The second-order valence-corrected chi connectivity index (χ2v) is 6.33. The van der Waals surface area contributed by atoms with Gasteiger partial charge in [-0.15, -0.1) is 0 Å². The number of para-hydroxylation sites is 1. The molecule has 1 N–H and O–H groups in total. The second-order valence-electron chi connectivity index (χ2n) is 6.33. The number of amides is 2. The van der Waals surface area contributed by atoms with Gasteiger partial charge in [0.25, 0.3) is 5.91 Å². The number of hydrogen-bond donors (Lipinski definition) is 1. The molecule has 0 fully saturated rings. The first-order valence-corrected chi connectivity index (χ1v) is 9.22. The maximum atomic E-state index is 12.2. The molecule has 0 saturated heterocycles. The van der Waals surface area contributed by atoms with E-state index >= 15 is 0 Å². The summed E-state index contributed by atoms with van der Waals surface area (Å²) in [6.07, 6.45) is 2.15. The molecular weight excluding hydrogens is 344 g/mol. The third kappa shape index (κ3) is 5.00. The first-order chi connectivity index (χ1) is 13.2. The van der Waals surface area contributed by atoms with Gasteiger partial charge in [0.1, 0.15) is 11.5 Å². The van der Waals surface area contributed by atoms with Crippen LogP contribution in [0.25, 0.3) is 0 Å². The van der Waals surface area contributed by atoms with Crippen LogP contribution in [0.15, 0.2) is 48.5 Å². The van der Waals surface area contributed by atoms with E-state index in [1.54, 1.807) is 23.1 Å². The van der Waals surface area contributed by atoms with E-state index in [0.29, 0.717) is 30.3 Å². The molecule has 0 aromatic heterocycles. The highest BCUT2D eigenvalue weighted by atomic mass is 16.5. The highest BCUT2D eigenvalue weighted by Gasteiger charge is 2.25. The molecule has 0 spiro atoms. The lowest BCUT2D eigenvalue weighted by Gasteiger charge is -2.29. The monoisotopic (exact) mass is 368 g/mol. The maximum absolute atomic E-state index is 12.2. The number of carbonyl (C=O) groups excluding carboxylic acids is 2. The van der Waals surface area contributed by atoms with Crippen LogP contribution in [0.2, 0.25) is 0 Å². The lowest BCUT2D eigenvalue weighted by molar-refractivity contribution is -0.121. The van der Waals surface area contributed by atoms with Gasteiger partial charge < -0.3 is 19.7 Å². The molecular formula is C21H24N2O4. The summed E-state index contributed by atoms with van der Waals surface area (Å²) in [6.45, 7) is 3.08. The van der Waals surface area contributed by atoms with Crippen molar-refractivity contribution in [2.75, 3.05) is 30.0 Å². The van der Waals surface area contributed by atoms with Crippen LogP contribution in [-0.2, 0) is 9.59 Å². The zero-order valence-corrected chi connectivity index (χ0v) is 15.4. The quantitative estimate of drug-likeness (QED) is 0.773. The highest BCUT2D eigenvalue weighted by molar-refractivity contribution is 5.99. The van der Waals surface area contributed by atoms with Crippen molar-refractivity contribution in [1.82, 2.24) is 0 Å². The smallest absolute Gasteiger partial charge is 0.265 e. The van der Waals surface area contributed by atoms with E-state index in [-0.39, 0.29) is 24.8 Å². The van der Waals surface area contributed by atoms with Crippen molar-refractivity contribution in [2.45, 2.75) is 26.2 Å². The molecule has 2 aromatic carbocycles. The van der Waals surface area contributed by atoms with E-state index in [9.17, 15) is 9.59 Å². The Kier molecular flexibility index (Phi) is 6.30. The van der Waals surface area contributed by atoms with Crippen LogP contribution >= 0.6 is 0 Å². The Balaban J connectivity index is 1.59. The van der Waals surface area contributed by atoms with Gasteiger partial charge in [-0.3, -0.25) is 9.59 Å². The number of carbonyl (C=O) groups is 2. The number of ether oxygens (including phenoxy) is 2. The maximum Gasteiger partial charge on any atom is 0.265 e. The first-order valence-electron chi connectivity index (χ1n) is 9.22. The van der Waals surface area contributed by atoms with E-state index in [4.69, 9.17) is 9.47 Å². The Bertz CT molecular complexity index is 792. The van der Waals surface area contributed by atoms with Gasteiger partial charge in [0, 0.05) is 12.2 Å². The van der Waals surface area contributed by atoms with Crippen molar-refractivity contribution in [3.63, 3.8) is 0 Å². The Morgan fingerprint density at radius 1 is 1.22 bits per heavy atom. The van der Waals surface area contributed by atoms with Crippen molar-refractivity contribution < 1.29 is 19.1 Å². The summed E-state index contributed by atoms with van der Waals surface area (Å²) in [5.74, 6) is 1.20. The van der Waals surface area contributed by atoms with Gasteiger partial charge in [-0.25, -0.2) is 0 Å². The molecule has 1 aliphatic rings. The number of anilines is 2. The summed E-state index contributed by atoms with van der Waals surface area (Å²) >= 11 is 0. The van der Waals surface area contributed by atoms with Crippen molar-refractivity contribution in [1.29, 1.82) is 0 Å². The van der Waals surface area contributed by atoms with Crippen LogP contribution in [0.1, 0.15) is 26.2 Å². The van der Waals surface area contributed by atoms with Crippen LogP contribution in [0, 0.1) is 0 Å². The van der Waals surface area contributed by atoms with Gasteiger partial charge in [0.05, 0.1) is 18.7 Å². The average Bonchev–Trinajstić information content (AvgIpc) is 2.68. The molecule has 0 atom stereocenters. The summed E-state index contributed by atoms with van der Waals surface area (Å²) in [6, 6.07) is 14.7. The normalized spacial score (nSPS) is 12.9. The van der Waals surface area contributed by atoms with E-state index < -0.39 is 0 Å². The molecule has 0 aliphatic carbocycles. The van der Waals surface area contributed by atoms with E-state index in [0.717, 1.165) is 18.6 Å². The zero-order chi connectivity index (χ0) is 19.1. The standard InChI is InChI=1S/C21H24N2O4/c1-2-3-12-23-18-14-16(9-10-19(18)27-15-21(23)25)22-20(24)11-13-26-17-7-5-4-6-8-17/h4-10,14H,2-3,11-13,15H2,1H3,(H,22,24). The predicted octanol–water partition coefficient (Wildman–Crippen LogP) is 3.62. The number of hydrogen-bond acceptors (Lipinski definition) is 4. The van der Waals surface area contributed by atoms with E-state index in [1.807, 2.05) is 30.3 Å². The van der Waals surface area contributed by atoms with Crippen molar-refractivity contribution in [2.24, 2.45) is 0 Å².